The van der Waals surface area contributed by atoms with Crippen molar-refractivity contribution in [3.8, 4) is 34.1 Å². The van der Waals surface area contributed by atoms with Gasteiger partial charge in [0.1, 0.15) is 23.0 Å². The summed E-state index contributed by atoms with van der Waals surface area (Å²) in [6, 6.07) is 37.6. The van der Waals surface area contributed by atoms with E-state index in [9.17, 15) is 0 Å². The number of ether oxygens (including phenoxy) is 2. The van der Waals surface area contributed by atoms with Gasteiger partial charge in [0.05, 0.1) is 11.3 Å². The molecule has 8 rings (SSSR count). The molecule has 0 aromatic heterocycles. The summed E-state index contributed by atoms with van der Waals surface area (Å²) in [5, 5.41) is 7.97. The van der Waals surface area contributed by atoms with Gasteiger partial charge in [-0.15, -0.1) is 0 Å². The molecule has 2 heterocycles. The summed E-state index contributed by atoms with van der Waals surface area (Å²) < 4.78 is 13.3. The second kappa shape index (κ2) is 7.30. The van der Waals surface area contributed by atoms with Crippen LogP contribution >= 0.6 is 6.04 Å². The third-order valence-electron chi connectivity index (χ3n) is 7.28. The van der Waals surface area contributed by atoms with Gasteiger partial charge >= 0.3 is 0 Å². The van der Waals surface area contributed by atoms with Crippen LogP contribution in [0.15, 0.2) is 115 Å². The van der Waals surface area contributed by atoms with Crippen molar-refractivity contribution in [3.63, 3.8) is 0 Å². The summed E-state index contributed by atoms with van der Waals surface area (Å²) in [6.45, 7) is 0. The summed E-state index contributed by atoms with van der Waals surface area (Å²) in [5.74, 6) is 3.32. The van der Waals surface area contributed by atoms with Crippen LogP contribution in [0.25, 0.3) is 32.7 Å². The Morgan fingerprint density at radius 3 is 2.14 bits per heavy atom. The highest BCUT2D eigenvalue weighted by molar-refractivity contribution is 8.26. The molecule has 6 aromatic carbocycles. The minimum atomic E-state index is -2.47. The average Bonchev–Trinajstić information content (AvgIpc) is 2.92. The van der Waals surface area contributed by atoms with E-state index in [1.807, 2.05) is 12.1 Å². The Morgan fingerprint density at radius 2 is 1.22 bits per heavy atom. The Morgan fingerprint density at radius 1 is 0.528 bits per heavy atom. The third kappa shape index (κ3) is 2.65. The second-order valence-corrected chi connectivity index (χ2v) is 13.5. The van der Waals surface area contributed by atoms with E-state index >= 15 is 0 Å². The summed E-state index contributed by atoms with van der Waals surface area (Å²) in [7, 11) is 0. The molecule has 0 radical (unpaired) electrons. The maximum absolute atomic E-state index is 6.82. The first kappa shape index (κ1) is 20.3. The van der Waals surface area contributed by atoms with Gasteiger partial charge in [0.25, 0.3) is 0 Å². The first-order valence-corrected chi connectivity index (χ1v) is 14.8. The van der Waals surface area contributed by atoms with E-state index in [1.54, 1.807) is 0 Å². The lowest BCUT2D eigenvalue weighted by Crippen LogP contribution is -2.35. The molecule has 170 valence electrons. The molecule has 0 saturated heterocycles. The highest BCUT2D eigenvalue weighted by atomic mass is 32.4. The van der Waals surface area contributed by atoms with Gasteiger partial charge in [-0.05, 0) is 63.5 Å². The highest BCUT2D eigenvalue weighted by Crippen LogP contribution is 2.61. The predicted octanol–water partition coefficient (Wildman–Crippen LogP) is 7.63. The first-order chi connectivity index (χ1) is 17.7. The van der Waals surface area contributed by atoms with Crippen LogP contribution in [0.4, 0.5) is 0 Å². The third-order valence-corrected chi connectivity index (χ3v) is 12.2. The minimum absolute atomic E-state index is 0.801. The van der Waals surface area contributed by atoms with Crippen molar-refractivity contribution < 1.29 is 9.47 Å². The van der Waals surface area contributed by atoms with Crippen molar-refractivity contribution in [1.29, 1.82) is 0 Å². The number of benzene rings is 6. The van der Waals surface area contributed by atoms with Gasteiger partial charge in [-0.3, -0.25) is 0 Å². The van der Waals surface area contributed by atoms with Crippen LogP contribution in [-0.2, 0) is 11.8 Å². The van der Waals surface area contributed by atoms with Gasteiger partial charge < -0.3 is 9.47 Å². The Balaban J connectivity index is 1.49. The lowest BCUT2D eigenvalue weighted by Gasteiger charge is -2.38. The first-order valence-electron chi connectivity index (χ1n) is 12.0. The number of para-hydroxylation sites is 1. The fourth-order valence-corrected chi connectivity index (χ4v) is 10.5. The van der Waals surface area contributed by atoms with Crippen LogP contribution in [-0.4, -0.2) is 0 Å². The van der Waals surface area contributed by atoms with Crippen LogP contribution in [0.1, 0.15) is 0 Å². The average molecular weight is 499 g/mol. The normalized spacial score (nSPS) is 17.0. The zero-order valence-corrected chi connectivity index (χ0v) is 20.9. The molecule has 0 bridgehead atoms. The van der Waals surface area contributed by atoms with Crippen molar-refractivity contribution in [3.05, 3.63) is 115 Å². The van der Waals surface area contributed by atoms with Crippen LogP contribution in [0.3, 0.4) is 0 Å². The Kier molecular flexibility index (Phi) is 4.12. The van der Waals surface area contributed by atoms with E-state index in [-0.39, 0.29) is 0 Å². The van der Waals surface area contributed by atoms with Gasteiger partial charge in [-0.1, -0.05) is 90.7 Å². The number of hydrogen-bond donors (Lipinski definition) is 0. The smallest absolute Gasteiger partial charge is 0.148 e. The molecule has 1 atom stereocenters. The van der Waals surface area contributed by atoms with E-state index in [2.05, 4.69) is 103 Å². The standard InChI is InChI=1S/C32H19O2PS/c36-35-29-12-6-5-11-26(29)33-28-18-16-24(23-14-13-20-7-1-2-9-22(20)19-23)30(32(28)35)34-27-17-15-21-8-3-4-10-25(21)31(27)35/h1-19H. The fraction of sp³-hybridized carbons (Fsp3) is 0. The fourth-order valence-electron chi connectivity index (χ4n) is 5.65. The number of fused-ring (bicyclic) bond motifs is 7. The molecule has 1 unspecified atom stereocenters. The summed E-state index contributed by atoms with van der Waals surface area (Å²) >= 11 is 6.82. The van der Waals surface area contributed by atoms with Gasteiger partial charge in [0, 0.05) is 16.2 Å². The largest absolute Gasteiger partial charge is 0.456 e. The maximum Gasteiger partial charge on any atom is 0.148 e. The molecule has 0 fully saturated rings. The molecule has 0 saturated carbocycles. The van der Waals surface area contributed by atoms with Gasteiger partial charge in [-0.2, -0.15) is 0 Å². The summed E-state index contributed by atoms with van der Waals surface area (Å²) in [5.41, 5.74) is 2.15. The molecule has 0 N–H and O–H groups in total. The van der Waals surface area contributed by atoms with Gasteiger partial charge in [0.15, 0.2) is 0 Å². The van der Waals surface area contributed by atoms with Crippen LogP contribution < -0.4 is 25.4 Å². The molecule has 6 aromatic rings. The Bertz CT molecular complexity index is 1940. The second-order valence-electron chi connectivity index (χ2n) is 9.27. The van der Waals surface area contributed by atoms with Crippen LogP contribution in [0, 0.1) is 0 Å². The quantitative estimate of drug-likeness (QED) is 0.217. The molecular formula is C32H19O2PS. The molecule has 0 aliphatic carbocycles. The van der Waals surface area contributed by atoms with Crippen molar-refractivity contribution in [1.82, 2.24) is 0 Å². The van der Waals surface area contributed by atoms with Crippen molar-refractivity contribution in [2.75, 3.05) is 0 Å². The van der Waals surface area contributed by atoms with Crippen LogP contribution in [0.5, 0.6) is 23.0 Å². The molecule has 2 aliphatic heterocycles. The van der Waals surface area contributed by atoms with E-state index < -0.39 is 6.04 Å². The zero-order valence-electron chi connectivity index (χ0n) is 19.1. The van der Waals surface area contributed by atoms with Crippen molar-refractivity contribution in [2.24, 2.45) is 0 Å². The number of hydrogen-bond acceptors (Lipinski definition) is 3. The van der Waals surface area contributed by atoms with Crippen molar-refractivity contribution >= 4 is 55.3 Å². The molecule has 36 heavy (non-hydrogen) atoms. The van der Waals surface area contributed by atoms with Gasteiger partial charge in [0.2, 0.25) is 0 Å². The zero-order chi connectivity index (χ0) is 23.9. The number of rotatable bonds is 1. The minimum Gasteiger partial charge on any atom is -0.456 e. The highest BCUT2D eigenvalue weighted by Gasteiger charge is 2.44. The molecular weight excluding hydrogens is 479 g/mol. The molecule has 0 amide bonds. The van der Waals surface area contributed by atoms with E-state index in [4.69, 9.17) is 21.3 Å². The maximum atomic E-state index is 6.82. The summed E-state index contributed by atoms with van der Waals surface area (Å²) in [6.07, 6.45) is 0. The molecule has 2 nitrogen and oxygen atoms in total. The summed E-state index contributed by atoms with van der Waals surface area (Å²) in [4.78, 5) is 0. The van der Waals surface area contributed by atoms with E-state index in [0.717, 1.165) is 55.4 Å². The molecule has 4 heteroatoms. The monoisotopic (exact) mass is 498 g/mol. The van der Waals surface area contributed by atoms with Crippen molar-refractivity contribution in [2.45, 2.75) is 0 Å². The predicted molar refractivity (Wildman–Crippen MR) is 153 cm³/mol. The van der Waals surface area contributed by atoms with Gasteiger partial charge in [-0.25, -0.2) is 0 Å². The SMILES string of the molecule is S=P12c3ccccc3Oc3ccc(-c4ccc5ccccc5c4)c(c31)Oc1ccc3ccccc3c12. The Labute approximate surface area is 213 Å². The van der Waals surface area contributed by atoms with Crippen LogP contribution in [0.2, 0.25) is 0 Å². The lowest BCUT2D eigenvalue weighted by atomic mass is 10.00. The van der Waals surface area contributed by atoms with E-state index in [0.29, 0.717) is 0 Å². The Hall–Kier alpha value is -3.91. The lowest BCUT2D eigenvalue weighted by molar-refractivity contribution is 0.468. The topological polar surface area (TPSA) is 18.5 Å². The van der Waals surface area contributed by atoms with E-state index in [1.165, 1.54) is 16.2 Å². The molecule has 0 spiro atoms. The molecule has 2 aliphatic rings.